The summed E-state index contributed by atoms with van der Waals surface area (Å²) < 4.78 is 24.4. The minimum Gasteiger partial charge on any atom is -0.497 e. The van der Waals surface area contributed by atoms with E-state index in [1.165, 1.54) is 12.1 Å². The van der Waals surface area contributed by atoms with E-state index in [0.717, 1.165) is 28.2 Å². The van der Waals surface area contributed by atoms with Crippen molar-refractivity contribution in [3.8, 4) is 5.75 Å². The van der Waals surface area contributed by atoms with Crippen LogP contribution in [0.15, 0.2) is 60.7 Å². The third-order valence-corrected chi connectivity index (χ3v) is 7.17. The van der Waals surface area contributed by atoms with E-state index in [0.29, 0.717) is 37.6 Å². The molecular weight excluding hydrogens is 479 g/mol. The Hall–Kier alpha value is -3.23. The Kier molecular flexibility index (Phi) is 8.72. The van der Waals surface area contributed by atoms with Crippen molar-refractivity contribution in [1.82, 2.24) is 9.80 Å². The minimum absolute atomic E-state index is 0.0731. The molecule has 1 aromatic heterocycles. The molecule has 0 aliphatic carbocycles. The Morgan fingerprint density at radius 1 is 1.03 bits per heavy atom. The van der Waals surface area contributed by atoms with Crippen LogP contribution in [-0.2, 0) is 22.6 Å². The molecule has 1 saturated heterocycles. The van der Waals surface area contributed by atoms with Gasteiger partial charge in [0.1, 0.15) is 18.1 Å². The average Bonchev–Trinajstić information content (AvgIpc) is 3.55. The van der Waals surface area contributed by atoms with Crippen molar-refractivity contribution in [1.29, 1.82) is 0 Å². The molecule has 3 aromatic rings. The van der Waals surface area contributed by atoms with Crippen LogP contribution in [0.1, 0.15) is 38.5 Å². The van der Waals surface area contributed by atoms with Gasteiger partial charge in [-0.3, -0.25) is 9.59 Å². The van der Waals surface area contributed by atoms with Gasteiger partial charge in [-0.1, -0.05) is 12.1 Å². The molecule has 0 spiro atoms. The first-order valence-electron chi connectivity index (χ1n) is 12.0. The third kappa shape index (κ3) is 6.92. The van der Waals surface area contributed by atoms with Crippen LogP contribution >= 0.6 is 11.3 Å². The molecule has 2 heterocycles. The summed E-state index contributed by atoms with van der Waals surface area (Å²) in [6.45, 7) is 3.70. The van der Waals surface area contributed by atoms with Gasteiger partial charge in [0, 0.05) is 35.0 Å². The van der Waals surface area contributed by atoms with Crippen molar-refractivity contribution in [3.05, 3.63) is 87.4 Å². The summed E-state index contributed by atoms with van der Waals surface area (Å²) in [4.78, 5) is 32.6. The highest BCUT2D eigenvalue weighted by Crippen LogP contribution is 2.21. The highest BCUT2D eigenvalue weighted by atomic mass is 32.1. The van der Waals surface area contributed by atoms with E-state index < -0.39 is 0 Å². The molecule has 190 valence electrons. The number of rotatable bonds is 10. The molecule has 1 atom stereocenters. The number of aryl methyl sites for hydroxylation is 1. The SMILES string of the molecule is COc1ccc(C(=O)N(CC(=O)N(Cc2ccc(F)cc2)Cc2ccc(C)s2)C[C@H]2CCCO2)cc1. The molecule has 1 aliphatic rings. The van der Waals surface area contributed by atoms with E-state index in [1.807, 2.05) is 19.1 Å². The Balaban J connectivity index is 1.55. The van der Waals surface area contributed by atoms with Gasteiger partial charge in [-0.15, -0.1) is 11.3 Å². The lowest BCUT2D eigenvalue weighted by atomic mass is 10.1. The molecule has 2 amide bonds. The monoisotopic (exact) mass is 510 g/mol. The van der Waals surface area contributed by atoms with E-state index in [1.54, 1.807) is 64.6 Å². The first-order chi connectivity index (χ1) is 17.4. The molecule has 8 heteroatoms. The van der Waals surface area contributed by atoms with Crippen LogP contribution in [0.5, 0.6) is 5.75 Å². The third-order valence-electron chi connectivity index (χ3n) is 6.18. The lowest BCUT2D eigenvalue weighted by Gasteiger charge is -2.29. The number of thiophene rings is 1. The predicted octanol–water partition coefficient (Wildman–Crippen LogP) is 5.05. The zero-order valence-corrected chi connectivity index (χ0v) is 21.4. The molecule has 4 rings (SSSR count). The van der Waals surface area contributed by atoms with E-state index >= 15 is 0 Å². The van der Waals surface area contributed by atoms with Crippen LogP contribution in [0.2, 0.25) is 0 Å². The fourth-order valence-electron chi connectivity index (χ4n) is 4.23. The van der Waals surface area contributed by atoms with Gasteiger partial charge < -0.3 is 19.3 Å². The van der Waals surface area contributed by atoms with Crippen molar-refractivity contribution in [2.24, 2.45) is 0 Å². The van der Waals surface area contributed by atoms with Gasteiger partial charge in [0.15, 0.2) is 0 Å². The molecule has 2 aromatic carbocycles. The van der Waals surface area contributed by atoms with Gasteiger partial charge in [-0.05, 0) is 73.9 Å². The summed E-state index contributed by atoms with van der Waals surface area (Å²) in [5.41, 5.74) is 1.31. The van der Waals surface area contributed by atoms with Gasteiger partial charge >= 0.3 is 0 Å². The maximum atomic E-state index is 13.6. The lowest BCUT2D eigenvalue weighted by Crippen LogP contribution is -2.45. The van der Waals surface area contributed by atoms with Crippen LogP contribution in [0.25, 0.3) is 0 Å². The molecule has 0 bridgehead atoms. The summed E-state index contributed by atoms with van der Waals surface area (Å²) >= 11 is 1.63. The summed E-state index contributed by atoms with van der Waals surface area (Å²) in [5.74, 6) is -0.0659. The second-order valence-corrected chi connectivity index (χ2v) is 10.3. The summed E-state index contributed by atoms with van der Waals surface area (Å²) in [6.07, 6.45) is 1.71. The number of halogens is 1. The largest absolute Gasteiger partial charge is 0.497 e. The molecular formula is C28H31FN2O4S. The van der Waals surface area contributed by atoms with Crippen LogP contribution in [-0.4, -0.2) is 54.5 Å². The zero-order valence-electron chi connectivity index (χ0n) is 20.6. The number of methoxy groups -OCH3 is 1. The molecule has 0 saturated carbocycles. The molecule has 6 nitrogen and oxygen atoms in total. The number of carbonyl (C=O) groups is 2. The molecule has 0 N–H and O–H groups in total. The number of benzene rings is 2. The lowest BCUT2D eigenvalue weighted by molar-refractivity contribution is -0.133. The Morgan fingerprint density at radius 3 is 2.39 bits per heavy atom. The second kappa shape index (κ2) is 12.1. The molecule has 0 radical (unpaired) electrons. The fraction of sp³-hybridized carbons (Fsp3) is 0.357. The smallest absolute Gasteiger partial charge is 0.254 e. The zero-order chi connectivity index (χ0) is 25.5. The second-order valence-electron chi connectivity index (χ2n) is 8.94. The van der Waals surface area contributed by atoms with Crippen molar-refractivity contribution in [2.45, 2.75) is 39.0 Å². The number of hydrogen-bond acceptors (Lipinski definition) is 5. The van der Waals surface area contributed by atoms with E-state index in [4.69, 9.17) is 9.47 Å². The molecule has 1 fully saturated rings. The van der Waals surface area contributed by atoms with Gasteiger partial charge in [0.25, 0.3) is 5.91 Å². The van der Waals surface area contributed by atoms with Gasteiger partial charge in [0.05, 0.1) is 19.8 Å². The fourth-order valence-corrected chi connectivity index (χ4v) is 5.14. The molecule has 1 aliphatic heterocycles. The highest BCUT2D eigenvalue weighted by Gasteiger charge is 2.27. The van der Waals surface area contributed by atoms with E-state index in [9.17, 15) is 14.0 Å². The number of ether oxygens (including phenoxy) is 2. The van der Waals surface area contributed by atoms with Crippen molar-refractivity contribution >= 4 is 23.2 Å². The Bertz CT molecular complexity index is 1160. The van der Waals surface area contributed by atoms with Gasteiger partial charge in [0.2, 0.25) is 5.91 Å². The van der Waals surface area contributed by atoms with E-state index in [2.05, 4.69) is 0 Å². The standard InChI is InChI=1S/C28H31FN2O4S/c1-20-5-14-26(36-20)18-30(16-21-6-10-23(29)11-7-21)27(32)19-31(17-25-4-3-15-35-25)28(33)22-8-12-24(34-2)13-9-22/h5-14,25H,3-4,15-19H2,1-2H3/t25-/m1/s1. The number of carbonyl (C=O) groups excluding carboxylic acids is 2. The summed E-state index contributed by atoms with van der Waals surface area (Å²) in [5, 5.41) is 0. The van der Waals surface area contributed by atoms with Crippen molar-refractivity contribution < 1.29 is 23.5 Å². The minimum atomic E-state index is -0.321. The van der Waals surface area contributed by atoms with Crippen LogP contribution in [0.3, 0.4) is 0 Å². The summed E-state index contributed by atoms with van der Waals surface area (Å²) in [6, 6.07) is 17.1. The molecule has 36 heavy (non-hydrogen) atoms. The number of nitrogens with zero attached hydrogens (tertiary/aromatic N) is 2. The van der Waals surface area contributed by atoms with Crippen LogP contribution in [0.4, 0.5) is 4.39 Å². The van der Waals surface area contributed by atoms with E-state index in [-0.39, 0.29) is 30.3 Å². The highest BCUT2D eigenvalue weighted by molar-refractivity contribution is 7.11. The van der Waals surface area contributed by atoms with Crippen LogP contribution in [0, 0.1) is 12.7 Å². The Morgan fingerprint density at radius 2 is 1.78 bits per heavy atom. The normalized spacial score (nSPS) is 15.0. The topological polar surface area (TPSA) is 59.1 Å². The molecule has 0 unspecified atom stereocenters. The van der Waals surface area contributed by atoms with Gasteiger partial charge in [-0.2, -0.15) is 0 Å². The average molecular weight is 511 g/mol. The number of hydrogen-bond donors (Lipinski definition) is 0. The predicted molar refractivity (Wildman–Crippen MR) is 138 cm³/mol. The maximum absolute atomic E-state index is 13.6. The first kappa shape index (κ1) is 25.9. The number of amides is 2. The van der Waals surface area contributed by atoms with Gasteiger partial charge in [-0.25, -0.2) is 4.39 Å². The summed E-state index contributed by atoms with van der Waals surface area (Å²) in [7, 11) is 1.57. The van der Waals surface area contributed by atoms with Crippen molar-refractivity contribution in [2.75, 3.05) is 26.8 Å². The Labute approximate surface area is 215 Å². The quantitative estimate of drug-likeness (QED) is 0.383. The maximum Gasteiger partial charge on any atom is 0.254 e. The van der Waals surface area contributed by atoms with Crippen LogP contribution < -0.4 is 4.74 Å². The first-order valence-corrected chi connectivity index (χ1v) is 12.9. The van der Waals surface area contributed by atoms with Crippen molar-refractivity contribution in [3.63, 3.8) is 0 Å².